The van der Waals surface area contributed by atoms with Gasteiger partial charge in [0.05, 0.1) is 16.7 Å². The summed E-state index contributed by atoms with van der Waals surface area (Å²) < 4.78 is 5.02. The SMILES string of the molecule is c1ccc(-c2ccc(-c3cccc(N(c4ccc(-c5cccc(-c6ccccc6-n6c7ccccc7c7ccccc76)c5)cc4)c4ccc5sc6ccccc6c5c4)c3)cc2)cc1. The number of hydrogen-bond donors (Lipinski definition) is 0. The summed E-state index contributed by atoms with van der Waals surface area (Å²) in [6, 6.07) is 88.4. The van der Waals surface area contributed by atoms with E-state index < -0.39 is 0 Å². The van der Waals surface area contributed by atoms with Gasteiger partial charge in [-0.25, -0.2) is 0 Å². The number of hydrogen-bond acceptors (Lipinski definition) is 2. The molecule has 63 heavy (non-hydrogen) atoms. The van der Waals surface area contributed by atoms with Crippen molar-refractivity contribution in [2.75, 3.05) is 4.90 Å². The average Bonchev–Trinajstić information content (AvgIpc) is 3.90. The zero-order chi connectivity index (χ0) is 41.7. The van der Waals surface area contributed by atoms with Crippen molar-refractivity contribution in [2.24, 2.45) is 0 Å². The van der Waals surface area contributed by atoms with Crippen LogP contribution in [0, 0.1) is 0 Å². The van der Waals surface area contributed by atoms with Gasteiger partial charge in [0.2, 0.25) is 0 Å². The molecule has 0 unspecified atom stereocenters. The van der Waals surface area contributed by atoms with Crippen LogP contribution in [0.2, 0.25) is 0 Å². The maximum Gasteiger partial charge on any atom is 0.0541 e. The highest BCUT2D eigenvalue weighted by molar-refractivity contribution is 7.25. The molecule has 0 atom stereocenters. The average molecular weight is 821 g/mol. The van der Waals surface area contributed by atoms with E-state index >= 15 is 0 Å². The number of para-hydroxylation sites is 3. The fourth-order valence-corrected chi connectivity index (χ4v) is 10.5. The maximum atomic E-state index is 2.42. The Morgan fingerprint density at radius 2 is 0.778 bits per heavy atom. The van der Waals surface area contributed by atoms with Crippen LogP contribution in [-0.2, 0) is 0 Å². The Morgan fingerprint density at radius 3 is 1.52 bits per heavy atom. The van der Waals surface area contributed by atoms with Crippen molar-refractivity contribution in [3.63, 3.8) is 0 Å². The minimum atomic E-state index is 1.10. The number of thiophene rings is 1. The first-order chi connectivity index (χ1) is 31.2. The first kappa shape index (κ1) is 36.8. The molecule has 0 aliphatic rings. The van der Waals surface area contributed by atoms with Gasteiger partial charge in [-0.2, -0.15) is 0 Å². The molecule has 10 aromatic carbocycles. The molecular formula is C60H40N2S. The molecule has 0 aliphatic heterocycles. The zero-order valence-electron chi connectivity index (χ0n) is 34.4. The minimum Gasteiger partial charge on any atom is -0.310 e. The Hall–Kier alpha value is -7.98. The third kappa shape index (κ3) is 6.58. The number of anilines is 3. The van der Waals surface area contributed by atoms with Gasteiger partial charge in [-0.1, -0.05) is 170 Å². The van der Waals surface area contributed by atoms with Crippen LogP contribution in [0.4, 0.5) is 17.1 Å². The van der Waals surface area contributed by atoms with Crippen LogP contribution in [0.3, 0.4) is 0 Å². The molecule has 0 bridgehead atoms. The molecule has 0 saturated heterocycles. The van der Waals surface area contributed by atoms with Crippen LogP contribution < -0.4 is 4.90 Å². The molecule has 2 nitrogen and oxygen atoms in total. The Balaban J connectivity index is 0.933. The van der Waals surface area contributed by atoms with Gasteiger partial charge in [0, 0.05) is 53.6 Å². The van der Waals surface area contributed by atoms with Crippen molar-refractivity contribution < 1.29 is 0 Å². The van der Waals surface area contributed by atoms with Crippen molar-refractivity contribution in [3.8, 4) is 50.2 Å². The van der Waals surface area contributed by atoms with Crippen LogP contribution in [0.5, 0.6) is 0 Å². The topological polar surface area (TPSA) is 8.17 Å². The molecule has 0 fully saturated rings. The van der Waals surface area contributed by atoms with E-state index in [0.29, 0.717) is 0 Å². The summed E-state index contributed by atoms with van der Waals surface area (Å²) >= 11 is 1.85. The predicted molar refractivity (Wildman–Crippen MR) is 270 cm³/mol. The summed E-state index contributed by atoms with van der Waals surface area (Å²) in [5.41, 5.74) is 16.4. The normalized spacial score (nSPS) is 11.5. The summed E-state index contributed by atoms with van der Waals surface area (Å²) in [6.45, 7) is 0. The van der Waals surface area contributed by atoms with Gasteiger partial charge in [0.1, 0.15) is 0 Å². The summed E-state index contributed by atoms with van der Waals surface area (Å²) in [7, 11) is 0. The Kier molecular flexibility index (Phi) is 9.06. The van der Waals surface area contributed by atoms with Gasteiger partial charge in [-0.3, -0.25) is 0 Å². The van der Waals surface area contributed by atoms with Crippen LogP contribution in [0.25, 0.3) is 92.2 Å². The third-order valence-corrected chi connectivity index (χ3v) is 13.6. The van der Waals surface area contributed by atoms with E-state index in [0.717, 1.165) is 17.1 Å². The van der Waals surface area contributed by atoms with Crippen molar-refractivity contribution in [1.29, 1.82) is 0 Å². The Labute approximate surface area is 370 Å². The smallest absolute Gasteiger partial charge is 0.0541 e. The summed E-state index contributed by atoms with van der Waals surface area (Å²) in [4.78, 5) is 2.40. The van der Waals surface area contributed by atoms with Crippen LogP contribution in [0.15, 0.2) is 243 Å². The molecule has 0 saturated carbocycles. The first-order valence-corrected chi connectivity index (χ1v) is 22.3. The monoisotopic (exact) mass is 820 g/mol. The van der Waals surface area contributed by atoms with E-state index in [9.17, 15) is 0 Å². The summed E-state index contributed by atoms with van der Waals surface area (Å²) in [5.74, 6) is 0. The fourth-order valence-electron chi connectivity index (χ4n) is 9.37. The van der Waals surface area contributed by atoms with Crippen LogP contribution >= 0.6 is 11.3 Å². The molecule has 0 N–H and O–H groups in total. The second-order valence-electron chi connectivity index (χ2n) is 16.1. The highest BCUT2D eigenvalue weighted by atomic mass is 32.1. The van der Waals surface area contributed by atoms with E-state index in [1.165, 1.54) is 92.2 Å². The largest absolute Gasteiger partial charge is 0.310 e. The molecule has 296 valence electrons. The van der Waals surface area contributed by atoms with Gasteiger partial charge >= 0.3 is 0 Å². The highest BCUT2D eigenvalue weighted by Gasteiger charge is 2.18. The number of nitrogens with zero attached hydrogens (tertiary/aromatic N) is 2. The van der Waals surface area contributed by atoms with Crippen molar-refractivity contribution in [2.45, 2.75) is 0 Å². The Morgan fingerprint density at radius 1 is 0.286 bits per heavy atom. The van der Waals surface area contributed by atoms with Gasteiger partial charge in [-0.05, 0) is 112 Å². The lowest BCUT2D eigenvalue weighted by Gasteiger charge is -2.26. The van der Waals surface area contributed by atoms with E-state index in [4.69, 9.17) is 0 Å². The minimum absolute atomic E-state index is 1.10. The van der Waals surface area contributed by atoms with Crippen molar-refractivity contribution in [3.05, 3.63) is 243 Å². The second kappa shape index (κ2) is 15.5. The molecule has 0 radical (unpaired) electrons. The molecule has 0 spiro atoms. The Bertz CT molecular complexity index is 3560. The van der Waals surface area contributed by atoms with Crippen LogP contribution in [-0.4, -0.2) is 4.57 Å². The number of aromatic nitrogens is 1. The molecule has 3 heteroatoms. The lowest BCUT2D eigenvalue weighted by Crippen LogP contribution is -2.10. The predicted octanol–water partition coefficient (Wildman–Crippen LogP) is 17.3. The molecule has 0 amide bonds. The standard InChI is InChI=1S/C60H40N2S/c1-2-14-41(15-3-1)42-28-30-43(31-29-42)46-17-13-19-49(39-46)61(50-36-37-60-55(40-50)54-23-7-11-27-59(54)63-60)48-34-32-44(33-35-48)45-16-12-18-47(38-45)51-20-4-8-24-56(51)62-57-25-9-5-21-52(57)53-22-6-10-26-58(53)62/h1-40H. The lowest BCUT2D eigenvalue weighted by molar-refractivity contribution is 1.18. The first-order valence-electron chi connectivity index (χ1n) is 21.5. The molecule has 12 aromatic rings. The lowest BCUT2D eigenvalue weighted by atomic mass is 9.97. The van der Waals surface area contributed by atoms with Gasteiger partial charge < -0.3 is 9.47 Å². The van der Waals surface area contributed by atoms with E-state index in [-0.39, 0.29) is 0 Å². The van der Waals surface area contributed by atoms with Crippen LogP contribution in [0.1, 0.15) is 0 Å². The maximum absolute atomic E-state index is 2.42. The van der Waals surface area contributed by atoms with E-state index in [1.54, 1.807) is 0 Å². The zero-order valence-corrected chi connectivity index (χ0v) is 35.2. The molecule has 12 rings (SSSR count). The third-order valence-electron chi connectivity index (χ3n) is 12.4. The van der Waals surface area contributed by atoms with Crippen molar-refractivity contribution in [1.82, 2.24) is 4.57 Å². The summed E-state index contributed by atoms with van der Waals surface area (Å²) in [5, 5.41) is 5.10. The summed E-state index contributed by atoms with van der Waals surface area (Å²) in [6.07, 6.45) is 0. The molecule has 2 aromatic heterocycles. The fraction of sp³-hybridized carbons (Fsp3) is 0. The van der Waals surface area contributed by atoms with Gasteiger partial charge in [-0.15, -0.1) is 11.3 Å². The quantitative estimate of drug-likeness (QED) is 0.148. The number of rotatable bonds is 8. The molecular weight excluding hydrogens is 781 g/mol. The number of benzene rings is 10. The molecule has 2 heterocycles. The van der Waals surface area contributed by atoms with Crippen molar-refractivity contribution >= 4 is 70.4 Å². The highest BCUT2D eigenvalue weighted by Crippen LogP contribution is 2.43. The number of fused-ring (bicyclic) bond motifs is 6. The van der Waals surface area contributed by atoms with Gasteiger partial charge in [0.25, 0.3) is 0 Å². The van der Waals surface area contributed by atoms with E-state index in [1.807, 2.05) is 11.3 Å². The molecule has 0 aliphatic carbocycles. The van der Waals surface area contributed by atoms with E-state index in [2.05, 4.69) is 252 Å². The van der Waals surface area contributed by atoms with Gasteiger partial charge in [0.15, 0.2) is 0 Å². The second-order valence-corrected chi connectivity index (χ2v) is 17.2.